The van der Waals surface area contributed by atoms with E-state index in [4.69, 9.17) is 4.74 Å². The summed E-state index contributed by atoms with van der Waals surface area (Å²) in [7, 11) is 1.61. The van der Waals surface area contributed by atoms with Crippen molar-refractivity contribution in [2.45, 2.75) is 39.2 Å². The summed E-state index contributed by atoms with van der Waals surface area (Å²) in [5.74, 6) is 0.344. The van der Waals surface area contributed by atoms with E-state index in [0.717, 1.165) is 12.8 Å². The third kappa shape index (κ3) is 4.48. The Morgan fingerprint density at radius 3 is 2.73 bits per heavy atom. The Morgan fingerprint density at radius 1 is 1.27 bits per heavy atom. The van der Waals surface area contributed by atoms with E-state index in [9.17, 15) is 9.59 Å². The summed E-state index contributed by atoms with van der Waals surface area (Å²) in [5.41, 5.74) is 2.69. The molecule has 5 nitrogen and oxygen atoms in total. The first-order valence-electron chi connectivity index (χ1n) is 7.73. The van der Waals surface area contributed by atoms with Gasteiger partial charge in [0, 0.05) is 13.1 Å². The zero-order chi connectivity index (χ0) is 16.1. The molecule has 0 aliphatic heterocycles. The number of benzene rings is 1. The number of ether oxygens (including phenoxy) is 1. The number of likely N-dealkylation sites (N-methyl/N-ethyl adjacent to an activating group) is 1. The van der Waals surface area contributed by atoms with Crippen molar-refractivity contribution >= 4 is 11.8 Å². The predicted molar refractivity (Wildman–Crippen MR) is 84.9 cm³/mol. The molecule has 0 aromatic heterocycles. The molecule has 0 fully saturated rings. The van der Waals surface area contributed by atoms with Crippen molar-refractivity contribution in [3.8, 4) is 5.75 Å². The molecule has 0 heterocycles. The molecule has 0 saturated heterocycles. The van der Waals surface area contributed by atoms with Gasteiger partial charge in [-0.3, -0.25) is 9.59 Å². The van der Waals surface area contributed by atoms with Crippen molar-refractivity contribution < 1.29 is 14.3 Å². The summed E-state index contributed by atoms with van der Waals surface area (Å²) in [6.07, 6.45) is 3.39. The highest BCUT2D eigenvalue weighted by molar-refractivity contribution is 5.85. The molecule has 1 aliphatic rings. The van der Waals surface area contributed by atoms with Crippen molar-refractivity contribution in [1.82, 2.24) is 10.2 Å². The van der Waals surface area contributed by atoms with Gasteiger partial charge in [0.1, 0.15) is 5.75 Å². The Labute approximate surface area is 131 Å². The SMILES string of the molecule is CC(C)NC(=O)CN(C)C(=O)COc1ccc2c(c1)CCC2. The molecule has 2 amide bonds. The number of hydrogen-bond donors (Lipinski definition) is 1. The molecule has 1 N–H and O–H groups in total. The summed E-state index contributed by atoms with van der Waals surface area (Å²) in [6, 6.07) is 6.06. The quantitative estimate of drug-likeness (QED) is 0.867. The van der Waals surface area contributed by atoms with Crippen molar-refractivity contribution in [2.75, 3.05) is 20.2 Å². The normalized spacial score (nSPS) is 12.9. The highest BCUT2D eigenvalue weighted by atomic mass is 16.5. The summed E-state index contributed by atoms with van der Waals surface area (Å²) >= 11 is 0. The van der Waals surface area contributed by atoms with Gasteiger partial charge in [-0.1, -0.05) is 6.07 Å². The summed E-state index contributed by atoms with van der Waals surface area (Å²) < 4.78 is 5.55. The fourth-order valence-corrected chi connectivity index (χ4v) is 2.56. The van der Waals surface area contributed by atoms with E-state index >= 15 is 0 Å². The van der Waals surface area contributed by atoms with Crippen LogP contribution in [0.2, 0.25) is 0 Å². The van der Waals surface area contributed by atoms with E-state index in [0.29, 0.717) is 5.75 Å². The molecule has 5 heteroatoms. The molecular weight excluding hydrogens is 280 g/mol. The van der Waals surface area contributed by atoms with Crippen molar-refractivity contribution in [3.63, 3.8) is 0 Å². The van der Waals surface area contributed by atoms with Crippen LogP contribution in [0, 0.1) is 0 Å². The molecule has 22 heavy (non-hydrogen) atoms. The Hall–Kier alpha value is -2.04. The van der Waals surface area contributed by atoms with Gasteiger partial charge in [0.2, 0.25) is 5.91 Å². The molecule has 0 spiro atoms. The van der Waals surface area contributed by atoms with Crippen molar-refractivity contribution in [1.29, 1.82) is 0 Å². The fraction of sp³-hybridized carbons (Fsp3) is 0.529. The number of hydrogen-bond acceptors (Lipinski definition) is 3. The molecule has 0 radical (unpaired) electrons. The van der Waals surface area contributed by atoms with E-state index in [1.165, 1.54) is 22.4 Å². The number of amides is 2. The molecule has 120 valence electrons. The number of aryl methyl sites for hydroxylation is 2. The maximum Gasteiger partial charge on any atom is 0.260 e. The van der Waals surface area contributed by atoms with Gasteiger partial charge < -0.3 is 15.0 Å². The lowest BCUT2D eigenvalue weighted by Gasteiger charge is -2.18. The zero-order valence-electron chi connectivity index (χ0n) is 13.5. The predicted octanol–water partition coefficient (Wildman–Crippen LogP) is 1.54. The number of carbonyl (C=O) groups excluding carboxylic acids is 2. The van der Waals surface area contributed by atoms with E-state index in [2.05, 4.69) is 11.4 Å². The minimum Gasteiger partial charge on any atom is -0.484 e. The molecule has 2 rings (SSSR count). The van der Waals surface area contributed by atoms with Crippen LogP contribution in [0.3, 0.4) is 0 Å². The summed E-state index contributed by atoms with van der Waals surface area (Å²) in [4.78, 5) is 25.0. The van der Waals surface area contributed by atoms with Crippen LogP contribution in [0.15, 0.2) is 18.2 Å². The Bertz CT molecular complexity index is 555. The maximum absolute atomic E-state index is 12.0. The first-order chi connectivity index (χ1) is 10.5. The third-order valence-electron chi connectivity index (χ3n) is 3.69. The first-order valence-corrected chi connectivity index (χ1v) is 7.73. The minimum atomic E-state index is -0.209. The lowest BCUT2D eigenvalue weighted by molar-refractivity contribution is -0.136. The topological polar surface area (TPSA) is 58.6 Å². The van der Waals surface area contributed by atoms with E-state index in [1.807, 2.05) is 26.0 Å². The summed E-state index contributed by atoms with van der Waals surface area (Å²) in [5, 5.41) is 2.76. The molecule has 1 aromatic rings. The van der Waals surface area contributed by atoms with Gasteiger partial charge in [-0.05, 0) is 56.4 Å². The van der Waals surface area contributed by atoms with Crippen LogP contribution in [0.5, 0.6) is 5.75 Å². The highest BCUT2D eigenvalue weighted by Crippen LogP contribution is 2.25. The van der Waals surface area contributed by atoms with Gasteiger partial charge in [0.05, 0.1) is 6.54 Å². The zero-order valence-corrected chi connectivity index (χ0v) is 13.5. The van der Waals surface area contributed by atoms with Crippen LogP contribution in [0.4, 0.5) is 0 Å². The second-order valence-corrected chi connectivity index (χ2v) is 6.04. The molecule has 0 bridgehead atoms. The molecule has 0 atom stereocenters. The van der Waals surface area contributed by atoms with Crippen LogP contribution in [-0.2, 0) is 22.4 Å². The fourth-order valence-electron chi connectivity index (χ4n) is 2.56. The molecule has 0 saturated carbocycles. The molecule has 0 unspecified atom stereocenters. The van der Waals surface area contributed by atoms with Crippen LogP contribution < -0.4 is 10.1 Å². The van der Waals surface area contributed by atoms with Crippen molar-refractivity contribution in [3.05, 3.63) is 29.3 Å². The maximum atomic E-state index is 12.0. The molecular formula is C17H24N2O3. The smallest absolute Gasteiger partial charge is 0.260 e. The number of nitrogens with zero attached hydrogens (tertiary/aromatic N) is 1. The van der Waals surface area contributed by atoms with Crippen LogP contribution in [-0.4, -0.2) is 43.0 Å². The van der Waals surface area contributed by atoms with Gasteiger partial charge in [0.25, 0.3) is 5.91 Å². The number of nitrogens with one attached hydrogen (secondary N) is 1. The van der Waals surface area contributed by atoms with Crippen LogP contribution >= 0.6 is 0 Å². The lowest BCUT2D eigenvalue weighted by Crippen LogP contribution is -2.42. The van der Waals surface area contributed by atoms with Gasteiger partial charge >= 0.3 is 0 Å². The number of fused-ring (bicyclic) bond motifs is 1. The van der Waals surface area contributed by atoms with Gasteiger partial charge in [-0.25, -0.2) is 0 Å². The monoisotopic (exact) mass is 304 g/mol. The van der Waals surface area contributed by atoms with E-state index < -0.39 is 0 Å². The standard InChI is InChI=1S/C17H24N2O3/c1-12(2)18-16(20)10-19(3)17(21)11-22-15-8-7-13-5-4-6-14(13)9-15/h7-9,12H,4-6,10-11H2,1-3H3,(H,18,20). The van der Waals surface area contributed by atoms with Crippen LogP contribution in [0.25, 0.3) is 0 Å². The second kappa shape index (κ2) is 7.29. The lowest BCUT2D eigenvalue weighted by atomic mass is 10.1. The second-order valence-electron chi connectivity index (χ2n) is 6.04. The highest BCUT2D eigenvalue weighted by Gasteiger charge is 2.15. The minimum absolute atomic E-state index is 0.0462. The number of carbonyl (C=O) groups is 2. The first kappa shape index (κ1) is 16.3. The average Bonchev–Trinajstić information content (AvgIpc) is 2.91. The third-order valence-corrected chi connectivity index (χ3v) is 3.69. The Balaban J connectivity index is 1.80. The van der Waals surface area contributed by atoms with E-state index in [1.54, 1.807) is 7.05 Å². The van der Waals surface area contributed by atoms with Crippen LogP contribution in [0.1, 0.15) is 31.4 Å². The van der Waals surface area contributed by atoms with Gasteiger partial charge in [-0.2, -0.15) is 0 Å². The average molecular weight is 304 g/mol. The van der Waals surface area contributed by atoms with Gasteiger partial charge in [0.15, 0.2) is 6.61 Å². The molecule has 1 aliphatic carbocycles. The molecule has 1 aromatic carbocycles. The van der Waals surface area contributed by atoms with Crippen molar-refractivity contribution in [2.24, 2.45) is 0 Å². The number of rotatable bonds is 6. The van der Waals surface area contributed by atoms with E-state index in [-0.39, 0.29) is 31.0 Å². The van der Waals surface area contributed by atoms with Gasteiger partial charge in [-0.15, -0.1) is 0 Å². The largest absolute Gasteiger partial charge is 0.484 e. The Morgan fingerprint density at radius 2 is 2.00 bits per heavy atom. The Kier molecular flexibility index (Phi) is 5.41. The summed E-state index contributed by atoms with van der Waals surface area (Å²) in [6.45, 7) is 3.77.